The quantitative estimate of drug-likeness (QED) is 0.501. The first-order chi connectivity index (χ1) is 14.1. The van der Waals surface area contributed by atoms with Crippen LogP contribution in [0.2, 0.25) is 0 Å². The number of fused-ring (bicyclic) bond motifs is 4. The topological polar surface area (TPSA) is 108 Å². The number of carbonyl (C=O) groups is 2. The molecule has 2 N–H and O–H groups in total. The third-order valence-corrected chi connectivity index (χ3v) is 6.44. The molecule has 0 radical (unpaired) electrons. The van der Waals surface area contributed by atoms with Gasteiger partial charge >= 0.3 is 5.97 Å². The minimum atomic E-state index is -0.326. The lowest BCUT2D eigenvalue weighted by molar-refractivity contribution is -0.122. The van der Waals surface area contributed by atoms with Crippen molar-refractivity contribution in [3.63, 3.8) is 0 Å². The number of carboxylic acid groups (broad SMARTS) is 1. The Labute approximate surface area is 171 Å². The largest absolute Gasteiger partial charge is 0.483 e. The zero-order chi connectivity index (χ0) is 20.4. The SMILES string of the molecule is Cc1cnc(-c2ccc3c(C(=O)O[C@H]4CN5CCC4CC5)n[nH]c3c2)s1.O=CO. The molecule has 0 unspecified atom stereocenters. The molecule has 3 aliphatic heterocycles. The van der Waals surface area contributed by atoms with Crippen LogP contribution in [-0.2, 0) is 9.53 Å². The summed E-state index contributed by atoms with van der Waals surface area (Å²) in [5, 5.41) is 15.9. The van der Waals surface area contributed by atoms with Crippen LogP contribution >= 0.6 is 11.3 Å². The Morgan fingerprint density at radius 1 is 1.38 bits per heavy atom. The highest BCUT2D eigenvalue weighted by molar-refractivity contribution is 7.14. The van der Waals surface area contributed by atoms with E-state index in [2.05, 4.69) is 20.1 Å². The summed E-state index contributed by atoms with van der Waals surface area (Å²) in [5.74, 6) is 0.168. The number of aromatic amines is 1. The number of nitrogens with zero attached hydrogens (tertiary/aromatic N) is 3. The normalized spacial score (nSPS) is 22.7. The van der Waals surface area contributed by atoms with E-state index in [9.17, 15) is 4.79 Å². The second-order valence-corrected chi connectivity index (χ2v) is 8.53. The molecule has 0 aliphatic carbocycles. The van der Waals surface area contributed by atoms with Gasteiger partial charge in [-0.1, -0.05) is 6.07 Å². The molecule has 29 heavy (non-hydrogen) atoms. The van der Waals surface area contributed by atoms with E-state index < -0.39 is 0 Å². The number of hydrogen-bond acceptors (Lipinski definition) is 7. The van der Waals surface area contributed by atoms with Crippen molar-refractivity contribution in [2.24, 2.45) is 5.92 Å². The standard InChI is InChI=1S/C19H20N4O2S.CH2O2/c1-11-9-20-18(26-11)13-2-3-14-15(8-13)21-22-17(14)19(24)25-16-10-23-6-4-12(16)5-7-23;2-1-3/h2-3,8-9,12,16H,4-7,10H2,1H3,(H,21,22);1H,(H,2,3)/t16-;/m0./s1. The van der Waals surface area contributed by atoms with E-state index in [0.717, 1.165) is 53.9 Å². The number of piperidine rings is 3. The van der Waals surface area contributed by atoms with Crippen LogP contribution < -0.4 is 0 Å². The summed E-state index contributed by atoms with van der Waals surface area (Å²) in [6, 6.07) is 5.91. The molecule has 0 amide bonds. The van der Waals surface area contributed by atoms with Gasteiger partial charge in [-0.25, -0.2) is 9.78 Å². The fourth-order valence-corrected chi connectivity index (χ4v) is 4.79. The summed E-state index contributed by atoms with van der Waals surface area (Å²) in [4.78, 5) is 29.0. The van der Waals surface area contributed by atoms with Crippen molar-refractivity contribution in [1.82, 2.24) is 20.1 Å². The van der Waals surface area contributed by atoms with Gasteiger partial charge in [-0.15, -0.1) is 11.3 Å². The first-order valence-corrected chi connectivity index (χ1v) is 10.3. The van der Waals surface area contributed by atoms with Crippen LogP contribution in [0.4, 0.5) is 0 Å². The predicted molar refractivity (Wildman–Crippen MR) is 109 cm³/mol. The number of H-pyrrole nitrogens is 1. The van der Waals surface area contributed by atoms with Crippen LogP contribution in [0, 0.1) is 12.8 Å². The van der Waals surface area contributed by atoms with E-state index in [4.69, 9.17) is 14.6 Å². The van der Waals surface area contributed by atoms with Crippen molar-refractivity contribution in [2.75, 3.05) is 19.6 Å². The highest BCUT2D eigenvalue weighted by Crippen LogP contribution is 2.31. The zero-order valence-electron chi connectivity index (χ0n) is 16.0. The van der Waals surface area contributed by atoms with Crippen LogP contribution in [0.25, 0.3) is 21.5 Å². The van der Waals surface area contributed by atoms with Crippen LogP contribution in [0.1, 0.15) is 28.2 Å². The number of aromatic nitrogens is 3. The van der Waals surface area contributed by atoms with E-state index >= 15 is 0 Å². The van der Waals surface area contributed by atoms with E-state index in [-0.39, 0.29) is 18.5 Å². The number of nitrogens with one attached hydrogen (secondary N) is 1. The Morgan fingerprint density at radius 3 is 2.76 bits per heavy atom. The average Bonchev–Trinajstić information content (AvgIpc) is 3.35. The number of rotatable bonds is 3. The molecule has 3 aliphatic rings. The number of hydrogen-bond donors (Lipinski definition) is 2. The monoisotopic (exact) mass is 414 g/mol. The molecule has 3 fully saturated rings. The van der Waals surface area contributed by atoms with Gasteiger partial charge in [0.05, 0.1) is 5.52 Å². The fourth-order valence-electron chi connectivity index (χ4n) is 4.03. The Hall–Kier alpha value is -2.78. The lowest BCUT2D eigenvalue weighted by Gasteiger charge is -2.43. The molecule has 152 valence electrons. The number of carbonyl (C=O) groups excluding carboxylic acids is 1. The van der Waals surface area contributed by atoms with Crippen LogP contribution in [0.3, 0.4) is 0 Å². The number of thiazole rings is 1. The summed E-state index contributed by atoms with van der Waals surface area (Å²) in [5.41, 5.74) is 2.23. The minimum absolute atomic E-state index is 0.00526. The summed E-state index contributed by atoms with van der Waals surface area (Å²) in [7, 11) is 0. The molecule has 3 aromatic rings. The summed E-state index contributed by atoms with van der Waals surface area (Å²) >= 11 is 1.65. The van der Waals surface area contributed by atoms with Gasteiger partial charge in [0.2, 0.25) is 0 Å². The smallest absolute Gasteiger partial charge is 0.359 e. The third-order valence-electron chi connectivity index (χ3n) is 5.48. The summed E-state index contributed by atoms with van der Waals surface area (Å²) in [6.45, 7) is 4.90. The fraction of sp³-hybridized carbons (Fsp3) is 0.400. The highest BCUT2D eigenvalue weighted by Gasteiger charge is 2.37. The molecule has 1 aromatic carbocycles. The van der Waals surface area contributed by atoms with Crippen LogP contribution in [0.5, 0.6) is 0 Å². The highest BCUT2D eigenvalue weighted by atomic mass is 32.1. The van der Waals surface area contributed by atoms with E-state index in [1.165, 1.54) is 4.88 Å². The van der Waals surface area contributed by atoms with Crippen molar-refractivity contribution < 1.29 is 19.4 Å². The lowest BCUT2D eigenvalue weighted by atomic mass is 9.86. The number of ether oxygens (including phenoxy) is 1. The Balaban J connectivity index is 0.000000645. The molecule has 8 nitrogen and oxygen atoms in total. The van der Waals surface area contributed by atoms with Gasteiger partial charge in [-0.05, 0) is 50.9 Å². The van der Waals surface area contributed by atoms with Crippen molar-refractivity contribution in [3.8, 4) is 10.6 Å². The van der Waals surface area contributed by atoms with Gasteiger partial charge in [-0.2, -0.15) is 5.10 Å². The van der Waals surface area contributed by atoms with Gasteiger partial charge in [0.15, 0.2) is 5.69 Å². The van der Waals surface area contributed by atoms with Gasteiger partial charge < -0.3 is 9.84 Å². The molecule has 0 saturated carbocycles. The van der Waals surface area contributed by atoms with Crippen molar-refractivity contribution in [2.45, 2.75) is 25.9 Å². The van der Waals surface area contributed by atoms with Gasteiger partial charge in [0.25, 0.3) is 6.47 Å². The molecule has 0 spiro atoms. The van der Waals surface area contributed by atoms with Gasteiger partial charge in [-0.3, -0.25) is 14.8 Å². The first-order valence-electron chi connectivity index (χ1n) is 9.51. The summed E-state index contributed by atoms with van der Waals surface area (Å²) in [6.07, 6.45) is 4.11. The third kappa shape index (κ3) is 4.01. The summed E-state index contributed by atoms with van der Waals surface area (Å²) < 4.78 is 5.82. The molecule has 1 atom stereocenters. The zero-order valence-corrected chi connectivity index (χ0v) is 16.8. The molecule has 2 aromatic heterocycles. The van der Waals surface area contributed by atoms with E-state index in [1.54, 1.807) is 11.3 Å². The molecule has 5 heterocycles. The maximum Gasteiger partial charge on any atom is 0.359 e. The van der Waals surface area contributed by atoms with Crippen molar-refractivity contribution in [3.05, 3.63) is 35.0 Å². The second-order valence-electron chi connectivity index (χ2n) is 7.30. The maximum atomic E-state index is 12.7. The average molecular weight is 414 g/mol. The molecule has 3 saturated heterocycles. The first kappa shape index (κ1) is 19.5. The number of esters is 1. The minimum Gasteiger partial charge on any atom is -0.483 e. The molecule has 9 heteroatoms. The van der Waals surface area contributed by atoms with Crippen molar-refractivity contribution in [1.29, 1.82) is 0 Å². The molecular formula is C20H22N4O4S. The molecule has 2 bridgehead atoms. The Morgan fingerprint density at radius 2 is 2.14 bits per heavy atom. The van der Waals surface area contributed by atoms with Gasteiger partial charge in [0.1, 0.15) is 11.1 Å². The molecular weight excluding hydrogens is 392 g/mol. The molecule has 6 rings (SSSR count). The van der Waals surface area contributed by atoms with E-state index in [0.29, 0.717) is 11.6 Å². The second kappa shape index (κ2) is 8.30. The number of benzene rings is 1. The van der Waals surface area contributed by atoms with E-state index in [1.807, 2.05) is 31.3 Å². The number of aryl methyl sites for hydroxylation is 1. The van der Waals surface area contributed by atoms with Gasteiger partial charge in [0, 0.05) is 28.6 Å². The Kier molecular flexibility index (Phi) is 5.59. The van der Waals surface area contributed by atoms with Crippen molar-refractivity contribution >= 4 is 34.7 Å². The Bertz CT molecular complexity index is 1020. The predicted octanol–water partition coefficient (Wildman–Crippen LogP) is 2.95. The van der Waals surface area contributed by atoms with Crippen LogP contribution in [-0.4, -0.2) is 63.4 Å². The maximum absolute atomic E-state index is 12.7. The van der Waals surface area contributed by atoms with Crippen LogP contribution in [0.15, 0.2) is 24.4 Å². The lowest BCUT2D eigenvalue weighted by Crippen LogP contribution is -2.51.